The van der Waals surface area contributed by atoms with Crippen molar-refractivity contribution in [1.29, 1.82) is 0 Å². The summed E-state index contributed by atoms with van der Waals surface area (Å²) in [5, 5.41) is 10.1. The van der Waals surface area contributed by atoms with Crippen LogP contribution in [-0.4, -0.2) is 15.1 Å². The summed E-state index contributed by atoms with van der Waals surface area (Å²) >= 11 is 3.33. The van der Waals surface area contributed by atoms with Gasteiger partial charge in [0, 0.05) is 29.0 Å². The molecule has 4 heteroatoms. The zero-order valence-electron chi connectivity index (χ0n) is 9.47. The van der Waals surface area contributed by atoms with Crippen molar-refractivity contribution in [3.05, 3.63) is 58.1 Å². The van der Waals surface area contributed by atoms with Gasteiger partial charge < -0.3 is 5.11 Å². The van der Waals surface area contributed by atoms with E-state index >= 15 is 0 Å². The number of halogens is 1. The van der Waals surface area contributed by atoms with E-state index in [0.29, 0.717) is 6.42 Å². The zero-order chi connectivity index (χ0) is 12.3. The van der Waals surface area contributed by atoms with Crippen molar-refractivity contribution < 1.29 is 5.11 Å². The maximum atomic E-state index is 10.1. The lowest BCUT2D eigenvalue weighted by Crippen LogP contribution is -2.07. The Balaban J connectivity index is 2.14. The number of aliphatic hydroxyl groups excluding tert-OH is 1. The highest BCUT2D eigenvalue weighted by atomic mass is 79.9. The van der Waals surface area contributed by atoms with Crippen molar-refractivity contribution >= 4 is 15.9 Å². The molecule has 0 aliphatic rings. The molecule has 0 amide bonds. The molecule has 1 unspecified atom stereocenters. The van der Waals surface area contributed by atoms with Gasteiger partial charge in [0.2, 0.25) is 0 Å². The van der Waals surface area contributed by atoms with Crippen molar-refractivity contribution in [3.63, 3.8) is 0 Å². The van der Waals surface area contributed by atoms with Crippen molar-refractivity contribution in [2.75, 3.05) is 0 Å². The topological polar surface area (TPSA) is 46.0 Å². The molecule has 0 fully saturated rings. The molecule has 1 N–H and O–H groups in total. The highest BCUT2D eigenvalue weighted by Crippen LogP contribution is 2.19. The monoisotopic (exact) mass is 292 g/mol. The summed E-state index contributed by atoms with van der Waals surface area (Å²) in [6.45, 7) is 1.95. The third-order valence-electron chi connectivity index (χ3n) is 2.56. The first kappa shape index (κ1) is 12.2. The zero-order valence-corrected chi connectivity index (χ0v) is 11.1. The van der Waals surface area contributed by atoms with Crippen LogP contribution >= 0.6 is 15.9 Å². The molecule has 0 bridgehead atoms. The molecule has 2 rings (SSSR count). The summed E-state index contributed by atoms with van der Waals surface area (Å²) in [4.78, 5) is 8.44. The molecule has 0 aliphatic heterocycles. The Hall–Kier alpha value is -1.26. The van der Waals surface area contributed by atoms with Gasteiger partial charge in [-0.1, -0.05) is 6.07 Å². The van der Waals surface area contributed by atoms with Crippen LogP contribution in [0.15, 0.2) is 41.1 Å². The molecule has 0 aromatic carbocycles. The van der Waals surface area contributed by atoms with Gasteiger partial charge in [0.1, 0.15) is 6.10 Å². The quantitative estimate of drug-likeness (QED) is 0.946. The largest absolute Gasteiger partial charge is 0.386 e. The van der Waals surface area contributed by atoms with Crippen LogP contribution in [0.1, 0.15) is 23.1 Å². The predicted octanol–water partition coefficient (Wildman–Crippen LogP) is 2.82. The van der Waals surface area contributed by atoms with E-state index in [0.717, 1.165) is 21.4 Å². The van der Waals surface area contributed by atoms with Crippen LogP contribution < -0.4 is 0 Å². The number of pyridine rings is 2. The molecule has 0 saturated carbocycles. The Morgan fingerprint density at radius 1 is 1.29 bits per heavy atom. The molecule has 0 spiro atoms. The number of nitrogens with zero attached hydrogens (tertiary/aromatic N) is 2. The Morgan fingerprint density at radius 2 is 2.12 bits per heavy atom. The second kappa shape index (κ2) is 5.38. The fourth-order valence-corrected chi connectivity index (χ4v) is 1.90. The van der Waals surface area contributed by atoms with E-state index in [1.165, 1.54) is 0 Å². The van der Waals surface area contributed by atoms with E-state index in [1.807, 2.05) is 31.2 Å². The molecule has 0 radical (unpaired) electrons. The van der Waals surface area contributed by atoms with Gasteiger partial charge in [-0.05, 0) is 46.6 Å². The van der Waals surface area contributed by atoms with Gasteiger partial charge in [-0.25, -0.2) is 0 Å². The molecule has 17 heavy (non-hydrogen) atoms. The van der Waals surface area contributed by atoms with Gasteiger partial charge in [-0.15, -0.1) is 0 Å². The Labute approximate surface area is 109 Å². The molecular formula is C13H13BrN2O. The Kier molecular flexibility index (Phi) is 3.86. The first-order chi connectivity index (χ1) is 8.16. The van der Waals surface area contributed by atoms with Crippen LogP contribution in [0, 0.1) is 6.92 Å². The third-order valence-corrected chi connectivity index (χ3v) is 3.03. The van der Waals surface area contributed by atoms with E-state index in [-0.39, 0.29) is 0 Å². The Morgan fingerprint density at radius 3 is 2.76 bits per heavy atom. The maximum absolute atomic E-state index is 10.1. The van der Waals surface area contributed by atoms with Gasteiger partial charge >= 0.3 is 0 Å². The molecule has 0 saturated heterocycles. The van der Waals surface area contributed by atoms with E-state index in [2.05, 4.69) is 25.9 Å². The summed E-state index contributed by atoms with van der Waals surface area (Å²) in [6, 6.07) is 7.62. The van der Waals surface area contributed by atoms with E-state index in [4.69, 9.17) is 0 Å². The van der Waals surface area contributed by atoms with E-state index < -0.39 is 6.10 Å². The molecule has 2 heterocycles. The highest BCUT2D eigenvalue weighted by Gasteiger charge is 2.12. The van der Waals surface area contributed by atoms with E-state index in [9.17, 15) is 5.11 Å². The smallest absolute Gasteiger partial charge is 0.102 e. The van der Waals surface area contributed by atoms with Crippen molar-refractivity contribution in [2.24, 2.45) is 0 Å². The minimum absolute atomic E-state index is 0.477. The van der Waals surface area contributed by atoms with Gasteiger partial charge in [0.05, 0.1) is 5.69 Å². The van der Waals surface area contributed by atoms with Gasteiger partial charge in [-0.3, -0.25) is 9.97 Å². The summed E-state index contributed by atoms with van der Waals surface area (Å²) in [6.07, 6.45) is 3.30. The lowest BCUT2D eigenvalue weighted by molar-refractivity contribution is 0.171. The predicted molar refractivity (Wildman–Crippen MR) is 69.6 cm³/mol. The van der Waals surface area contributed by atoms with Gasteiger partial charge in [-0.2, -0.15) is 0 Å². The van der Waals surface area contributed by atoms with Gasteiger partial charge in [0.15, 0.2) is 0 Å². The maximum Gasteiger partial charge on any atom is 0.102 e. The molecule has 0 aliphatic carbocycles. The number of hydrogen-bond acceptors (Lipinski definition) is 3. The minimum atomic E-state index is -0.607. The SMILES string of the molecule is Cc1cccnc1C(O)Cc1ccc(Br)cn1. The standard InChI is InChI=1S/C13H13BrN2O/c1-9-3-2-6-15-13(9)12(17)7-11-5-4-10(14)8-16-11/h2-6,8,12,17H,7H2,1H3. The van der Waals surface area contributed by atoms with Crippen LogP contribution in [0.5, 0.6) is 0 Å². The first-order valence-electron chi connectivity index (χ1n) is 5.37. The molecule has 2 aromatic rings. The fraction of sp³-hybridized carbons (Fsp3) is 0.231. The first-order valence-corrected chi connectivity index (χ1v) is 6.16. The lowest BCUT2D eigenvalue weighted by atomic mass is 10.1. The fourth-order valence-electron chi connectivity index (χ4n) is 1.67. The molecular weight excluding hydrogens is 280 g/mol. The van der Waals surface area contributed by atoms with Crippen LogP contribution in [0.25, 0.3) is 0 Å². The average molecular weight is 293 g/mol. The van der Waals surface area contributed by atoms with Crippen LogP contribution in [0.3, 0.4) is 0 Å². The van der Waals surface area contributed by atoms with Gasteiger partial charge in [0.25, 0.3) is 0 Å². The van der Waals surface area contributed by atoms with Crippen LogP contribution in [0.2, 0.25) is 0 Å². The third kappa shape index (κ3) is 3.11. The summed E-state index contributed by atoms with van der Waals surface area (Å²) in [7, 11) is 0. The van der Waals surface area contributed by atoms with E-state index in [1.54, 1.807) is 12.4 Å². The number of aryl methyl sites for hydroxylation is 1. The molecule has 1 atom stereocenters. The van der Waals surface area contributed by atoms with Crippen molar-refractivity contribution in [1.82, 2.24) is 9.97 Å². The van der Waals surface area contributed by atoms with Crippen LogP contribution in [-0.2, 0) is 6.42 Å². The highest BCUT2D eigenvalue weighted by molar-refractivity contribution is 9.10. The normalized spacial score (nSPS) is 12.4. The van der Waals surface area contributed by atoms with Crippen molar-refractivity contribution in [2.45, 2.75) is 19.4 Å². The number of hydrogen-bond donors (Lipinski definition) is 1. The second-order valence-corrected chi connectivity index (χ2v) is 4.81. The molecule has 2 aromatic heterocycles. The Bertz CT molecular complexity index is 499. The number of aliphatic hydroxyl groups is 1. The number of aromatic nitrogens is 2. The summed E-state index contributed by atoms with van der Waals surface area (Å²) < 4.78 is 0.935. The summed E-state index contributed by atoms with van der Waals surface area (Å²) in [5.41, 5.74) is 2.57. The lowest BCUT2D eigenvalue weighted by Gasteiger charge is -2.11. The van der Waals surface area contributed by atoms with Crippen molar-refractivity contribution in [3.8, 4) is 0 Å². The second-order valence-electron chi connectivity index (χ2n) is 3.89. The molecule has 3 nitrogen and oxygen atoms in total. The molecule has 88 valence electrons. The average Bonchev–Trinajstić information content (AvgIpc) is 2.32. The summed E-state index contributed by atoms with van der Waals surface area (Å²) in [5.74, 6) is 0. The minimum Gasteiger partial charge on any atom is -0.386 e. The van der Waals surface area contributed by atoms with Crippen LogP contribution in [0.4, 0.5) is 0 Å². The number of rotatable bonds is 3.